The lowest BCUT2D eigenvalue weighted by Crippen LogP contribution is -2.31. The number of amides is 1. The Balaban J connectivity index is 1.66. The standard InChI is InChI=1S/C18H23N3OS/c1-14-17(18(22)21-12-4-2-3-5-13-21)23-16(20-14)7-6-15-8-10-19-11-9-15/h8-11H,2-7,12-13H2,1H3. The molecule has 1 aliphatic rings. The van der Waals surface area contributed by atoms with Crippen LogP contribution in [0, 0.1) is 6.92 Å². The molecule has 1 aliphatic heterocycles. The molecule has 5 heteroatoms. The highest BCUT2D eigenvalue weighted by atomic mass is 32.1. The van der Waals surface area contributed by atoms with Crippen molar-refractivity contribution in [2.24, 2.45) is 0 Å². The fourth-order valence-corrected chi connectivity index (χ4v) is 4.01. The zero-order valence-electron chi connectivity index (χ0n) is 13.6. The van der Waals surface area contributed by atoms with E-state index in [0.717, 1.165) is 54.4 Å². The molecular formula is C18H23N3OS. The third-order valence-electron chi connectivity index (χ3n) is 4.31. The molecule has 0 atom stereocenters. The van der Waals surface area contributed by atoms with Crippen LogP contribution in [0.15, 0.2) is 24.5 Å². The smallest absolute Gasteiger partial charge is 0.265 e. The van der Waals surface area contributed by atoms with Gasteiger partial charge in [-0.3, -0.25) is 9.78 Å². The summed E-state index contributed by atoms with van der Waals surface area (Å²) in [6.45, 7) is 3.74. The summed E-state index contributed by atoms with van der Waals surface area (Å²) < 4.78 is 0. The molecule has 0 aliphatic carbocycles. The molecule has 0 aromatic carbocycles. The van der Waals surface area contributed by atoms with E-state index in [1.165, 1.54) is 18.4 Å². The summed E-state index contributed by atoms with van der Waals surface area (Å²) in [5.41, 5.74) is 2.14. The molecule has 0 saturated carbocycles. The Morgan fingerprint density at radius 2 is 1.83 bits per heavy atom. The molecule has 0 unspecified atom stereocenters. The second-order valence-electron chi connectivity index (χ2n) is 6.08. The van der Waals surface area contributed by atoms with E-state index in [1.807, 2.05) is 36.4 Å². The third kappa shape index (κ3) is 4.16. The predicted molar refractivity (Wildman–Crippen MR) is 92.9 cm³/mol. The van der Waals surface area contributed by atoms with Crippen molar-refractivity contribution in [3.8, 4) is 0 Å². The first-order valence-electron chi connectivity index (χ1n) is 8.38. The van der Waals surface area contributed by atoms with Gasteiger partial charge in [-0.15, -0.1) is 11.3 Å². The highest BCUT2D eigenvalue weighted by Gasteiger charge is 2.22. The van der Waals surface area contributed by atoms with Gasteiger partial charge >= 0.3 is 0 Å². The Bertz CT molecular complexity index is 646. The average molecular weight is 329 g/mol. The normalized spacial score (nSPS) is 15.4. The quantitative estimate of drug-likeness (QED) is 0.860. The van der Waals surface area contributed by atoms with Gasteiger partial charge in [0.2, 0.25) is 0 Å². The lowest BCUT2D eigenvalue weighted by Gasteiger charge is -2.19. The Morgan fingerprint density at radius 3 is 2.52 bits per heavy atom. The zero-order chi connectivity index (χ0) is 16.1. The van der Waals surface area contributed by atoms with Gasteiger partial charge < -0.3 is 4.90 Å². The Kier molecular flexibility index (Phi) is 5.39. The summed E-state index contributed by atoms with van der Waals surface area (Å²) in [4.78, 5) is 24.3. The van der Waals surface area contributed by atoms with E-state index in [2.05, 4.69) is 9.97 Å². The van der Waals surface area contributed by atoms with E-state index in [0.29, 0.717) is 0 Å². The Labute approximate surface area is 141 Å². The lowest BCUT2D eigenvalue weighted by atomic mass is 10.1. The van der Waals surface area contributed by atoms with Crippen molar-refractivity contribution in [2.45, 2.75) is 45.4 Å². The van der Waals surface area contributed by atoms with Crippen molar-refractivity contribution >= 4 is 17.2 Å². The molecule has 0 radical (unpaired) electrons. The molecule has 0 bridgehead atoms. The number of likely N-dealkylation sites (tertiary alicyclic amines) is 1. The zero-order valence-corrected chi connectivity index (χ0v) is 14.4. The maximum absolute atomic E-state index is 12.7. The second kappa shape index (κ2) is 7.68. The van der Waals surface area contributed by atoms with Crippen molar-refractivity contribution in [1.29, 1.82) is 0 Å². The van der Waals surface area contributed by atoms with Gasteiger partial charge in [-0.2, -0.15) is 0 Å². The molecule has 2 aromatic heterocycles. The van der Waals surface area contributed by atoms with Crippen LogP contribution < -0.4 is 0 Å². The molecule has 1 amide bonds. The van der Waals surface area contributed by atoms with Crippen LogP contribution in [-0.2, 0) is 12.8 Å². The summed E-state index contributed by atoms with van der Waals surface area (Å²) >= 11 is 1.57. The molecule has 4 nitrogen and oxygen atoms in total. The van der Waals surface area contributed by atoms with E-state index in [1.54, 1.807) is 11.3 Å². The number of carbonyl (C=O) groups excluding carboxylic acids is 1. The maximum Gasteiger partial charge on any atom is 0.265 e. The van der Waals surface area contributed by atoms with Gasteiger partial charge in [0.1, 0.15) is 4.88 Å². The minimum absolute atomic E-state index is 0.178. The number of rotatable bonds is 4. The van der Waals surface area contributed by atoms with E-state index < -0.39 is 0 Å². The number of hydrogen-bond acceptors (Lipinski definition) is 4. The van der Waals surface area contributed by atoms with Gasteiger partial charge in [-0.05, 0) is 43.9 Å². The van der Waals surface area contributed by atoms with E-state index in [-0.39, 0.29) is 5.91 Å². The van der Waals surface area contributed by atoms with E-state index in [9.17, 15) is 4.79 Å². The van der Waals surface area contributed by atoms with E-state index >= 15 is 0 Å². The van der Waals surface area contributed by atoms with Gasteiger partial charge in [0.25, 0.3) is 5.91 Å². The van der Waals surface area contributed by atoms with Crippen LogP contribution in [0.25, 0.3) is 0 Å². The molecule has 2 aromatic rings. The fraction of sp³-hybridized carbons (Fsp3) is 0.500. The van der Waals surface area contributed by atoms with Crippen LogP contribution in [0.2, 0.25) is 0 Å². The topological polar surface area (TPSA) is 46.1 Å². The van der Waals surface area contributed by atoms with Gasteiger partial charge in [0, 0.05) is 31.9 Å². The van der Waals surface area contributed by atoms with Gasteiger partial charge in [-0.1, -0.05) is 12.8 Å². The molecule has 3 heterocycles. The van der Waals surface area contributed by atoms with Crippen LogP contribution in [-0.4, -0.2) is 33.9 Å². The molecular weight excluding hydrogens is 306 g/mol. The molecule has 1 saturated heterocycles. The minimum Gasteiger partial charge on any atom is -0.338 e. The number of nitrogens with zero attached hydrogens (tertiary/aromatic N) is 3. The molecule has 1 fully saturated rings. The minimum atomic E-state index is 0.178. The first kappa shape index (κ1) is 16.1. The Hall–Kier alpha value is -1.75. The summed E-state index contributed by atoms with van der Waals surface area (Å²) in [7, 11) is 0. The number of thiazole rings is 1. The highest BCUT2D eigenvalue weighted by molar-refractivity contribution is 7.13. The van der Waals surface area contributed by atoms with Crippen molar-refractivity contribution < 1.29 is 4.79 Å². The van der Waals surface area contributed by atoms with Gasteiger partial charge in [-0.25, -0.2) is 4.98 Å². The van der Waals surface area contributed by atoms with Crippen LogP contribution in [0.1, 0.15) is 51.6 Å². The van der Waals surface area contributed by atoms with Crippen LogP contribution in [0.5, 0.6) is 0 Å². The van der Waals surface area contributed by atoms with Gasteiger partial charge in [0.15, 0.2) is 0 Å². The van der Waals surface area contributed by atoms with Crippen molar-refractivity contribution in [3.63, 3.8) is 0 Å². The number of aromatic nitrogens is 2. The third-order valence-corrected chi connectivity index (χ3v) is 5.51. The SMILES string of the molecule is Cc1nc(CCc2ccncc2)sc1C(=O)N1CCCCCC1. The lowest BCUT2D eigenvalue weighted by molar-refractivity contribution is 0.0765. The molecule has 122 valence electrons. The predicted octanol–water partition coefficient (Wildman–Crippen LogP) is 3.65. The number of hydrogen-bond donors (Lipinski definition) is 0. The van der Waals surface area contributed by atoms with Crippen molar-refractivity contribution in [3.05, 3.63) is 45.7 Å². The number of aryl methyl sites for hydroxylation is 3. The number of carbonyl (C=O) groups is 1. The largest absolute Gasteiger partial charge is 0.338 e. The van der Waals surface area contributed by atoms with Crippen molar-refractivity contribution in [2.75, 3.05) is 13.1 Å². The maximum atomic E-state index is 12.7. The summed E-state index contributed by atoms with van der Waals surface area (Å²) in [5, 5.41) is 1.05. The van der Waals surface area contributed by atoms with Crippen LogP contribution in [0.3, 0.4) is 0 Å². The summed E-state index contributed by atoms with van der Waals surface area (Å²) in [5.74, 6) is 0.178. The van der Waals surface area contributed by atoms with Crippen LogP contribution >= 0.6 is 11.3 Å². The molecule has 0 N–H and O–H groups in total. The monoisotopic (exact) mass is 329 g/mol. The second-order valence-corrected chi connectivity index (χ2v) is 7.17. The molecule has 3 rings (SSSR count). The van der Waals surface area contributed by atoms with Crippen LogP contribution in [0.4, 0.5) is 0 Å². The molecule has 0 spiro atoms. The van der Waals surface area contributed by atoms with Crippen molar-refractivity contribution in [1.82, 2.24) is 14.9 Å². The first-order valence-corrected chi connectivity index (χ1v) is 9.20. The fourth-order valence-electron chi connectivity index (χ4n) is 2.98. The van der Waals surface area contributed by atoms with E-state index in [4.69, 9.17) is 0 Å². The first-order chi connectivity index (χ1) is 11.2. The molecule has 23 heavy (non-hydrogen) atoms. The summed E-state index contributed by atoms with van der Waals surface area (Å²) in [6.07, 6.45) is 10.2. The Morgan fingerprint density at radius 1 is 1.13 bits per heavy atom. The average Bonchev–Trinajstić information content (AvgIpc) is 2.78. The van der Waals surface area contributed by atoms with Gasteiger partial charge in [0.05, 0.1) is 10.7 Å². The number of pyridine rings is 1. The highest BCUT2D eigenvalue weighted by Crippen LogP contribution is 2.23. The summed E-state index contributed by atoms with van der Waals surface area (Å²) in [6, 6.07) is 4.06.